The van der Waals surface area contributed by atoms with Gasteiger partial charge in [-0.1, -0.05) is 36.4 Å². The van der Waals surface area contributed by atoms with Gasteiger partial charge in [-0.25, -0.2) is 22.0 Å². The fraction of sp³-hybridized carbons (Fsp3) is 0.103. The van der Waals surface area contributed by atoms with Crippen molar-refractivity contribution < 1.29 is 48.6 Å². The van der Waals surface area contributed by atoms with Crippen LogP contribution in [0.5, 0.6) is 5.75 Å². The summed E-state index contributed by atoms with van der Waals surface area (Å²) in [5, 5.41) is 0. The van der Waals surface area contributed by atoms with Gasteiger partial charge in [0.2, 0.25) is 0 Å². The standard InChI is InChI=1S/C29H16F10O/c1-15(30)27(34)18-4-2-16(3-5-18)17-6-8-20(9-7-17)29(38,39)40-21-10-11-22(23(31)14-21)19-12-24(32)26(25(33)13-19)28(35,36)37/h2-14H,1H3. The summed E-state index contributed by atoms with van der Waals surface area (Å²) in [6.45, 7) is 0.967. The first-order valence-corrected chi connectivity index (χ1v) is 11.3. The van der Waals surface area contributed by atoms with Crippen LogP contribution in [0.25, 0.3) is 28.1 Å². The molecule has 0 aliphatic rings. The van der Waals surface area contributed by atoms with E-state index in [1.165, 1.54) is 36.4 Å². The van der Waals surface area contributed by atoms with Crippen molar-refractivity contribution in [3.05, 3.63) is 119 Å². The van der Waals surface area contributed by atoms with E-state index in [-0.39, 0.29) is 17.7 Å². The second-order valence-corrected chi connectivity index (χ2v) is 8.58. The Kier molecular flexibility index (Phi) is 7.69. The smallest absolute Gasteiger partial charge is 0.426 e. The number of rotatable bonds is 6. The van der Waals surface area contributed by atoms with Gasteiger partial charge in [-0.3, -0.25) is 0 Å². The van der Waals surface area contributed by atoms with E-state index < -0.39 is 69.4 Å². The first-order chi connectivity index (χ1) is 18.7. The monoisotopic (exact) mass is 570 g/mol. The molecule has 0 amide bonds. The third-order valence-corrected chi connectivity index (χ3v) is 5.82. The van der Waals surface area contributed by atoms with Crippen LogP contribution in [0, 0.1) is 17.5 Å². The lowest BCUT2D eigenvalue weighted by atomic mass is 10.0. The van der Waals surface area contributed by atoms with Crippen LogP contribution in [0.1, 0.15) is 23.6 Å². The maximum Gasteiger partial charge on any atom is 0.426 e. The zero-order valence-corrected chi connectivity index (χ0v) is 20.2. The van der Waals surface area contributed by atoms with E-state index in [2.05, 4.69) is 4.74 Å². The number of ether oxygens (including phenoxy) is 1. The number of benzene rings is 4. The van der Waals surface area contributed by atoms with Gasteiger partial charge >= 0.3 is 12.3 Å². The molecule has 4 aromatic carbocycles. The van der Waals surface area contributed by atoms with E-state index in [9.17, 15) is 43.9 Å². The van der Waals surface area contributed by atoms with Crippen LogP contribution in [0.4, 0.5) is 43.9 Å². The fourth-order valence-corrected chi connectivity index (χ4v) is 3.86. The van der Waals surface area contributed by atoms with Gasteiger partial charge in [-0.05, 0) is 60.0 Å². The molecule has 40 heavy (non-hydrogen) atoms. The van der Waals surface area contributed by atoms with Crippen molar-refractivity contribution in [2.75, 3.05) is 0 Å². The SMILES string of the molecule is CC(F)=C(F)c1ccc(-c2ccc(C(F)(F)Oc3ccc(-c4cc(F)c(C(F)(F)F)c(F)c4)c(F)c3)cc2)cc1. The van der Waals surface area contributed by atoms with Crippen molar-refractivity contribution >= 4 is 5.83 Å². The van der Waals surface area contributed by atoms with Crippen LogP contribution >= 0.6 is 0 Å². The summed E-state index contributed by atoms with van der Waals surface area (Å²) >= 11 is 0. The lowest BCUT2D eigenvalue weighted by Crippen LogP contribution is -2.21. The quantitative estimate of drug-likeness (QED) is 0.210. The summed E-state index contributed by atoms with van der Waals surface area (Å²) in [5.41, 5.74) is -2.89. The topological polar surface area (TPSA) is 9.23 Å². The Hall–Kier alpha value is -4.28. The molecule has 4 rings (SSSR count). The third kappa shape index (κ3) is 5.98. The van der Waals surface area contributed by atoms with Gasteiger partial charge in [-0.15, -0.1) is 0 Å². The van der Waals surface area contributed by atoms with E-state index in [0.29, 0.717) is 17.2 Å². The first kappa shape index (κ1) is 28.7. The largest absolute Gasteiger partial charge is 0.429 e. The molecule has 11 heteroatoms. The van der Waals surface area contributed by atoms with Gasteiger partial charge in [0.05, 0.1) is 5.56 Å². The minimum Gasteiger partial charge on any atom is -0.429 e. The van der Waals surface area contributed by atoms with E-state index >= 15 is 0 Å². The van der Waals surface area contributed by atoms with E-state index in [4.69, 9.17) is 0 Å². The molecule has 0 aromatic heterocycles. The van der Waals surface area contributed by atoms with Crippen LogP contribution in [0.2, 0.25) is 0 Å². The number of halogens is 10. The summed E-state index contributed by atoms with van der Waals surface area (Å²) in [5.74, 6) is -7.89. The lowest BCUT2D eigenvalue weighted by Gasteiger charge is -2.19. The molecule has 0 radical (unpaired) electrons. The molecule has 4 aromatic rings. The number of alkyl halides is 5. The maximum absolute atomic E-state index is 14.8. The first-order valence-electron chi connectivity index (χ1n) is 11.3. The van der Waals surface area contributed by atoms with E-state index in [1.807, 2.05) is 0 Å². The molecule has 0 N–H and O–H groups in total. The molecule has 0 heterocycles. The number of hydrogen-bond donors (Lipinski definition) is 0. The van der Waals surface area contributed by atoms with Crippen LogP contribution in [0.15, 0.2) is 84.7 Å². The normalized spacial score (nSPS) is 12.8. The Morgan fingerprint density at radius 1 is 0.625 bits per heavy atom. The minimum absolute atomic E-state index is 0.00662. The van der Waals surface area contributed by atoms with Crippen LogP contribution in [0.3, 0.4) is 0 Å². The third-order valence-electron chi connectivity index (χ3n) is 5.82. The Morgan fingerprint density at radius 3 is 1.62 bits per heavy atom. The van der Waals surface area contributed by atoms with E-state index in [0.717, 1.165) is 31.2 Å². The molecular weight excluding hydrogens is 554 g/mol. The Bertz CT molecular complexity index is 1540. The molecule has 0 aliphatic carbocycles. The second kappa shape index (κ2) is 10.7. The molecule has 208 valence electrons. The van der Waals surface area contributed by atoms with Gasteiger partial charge in [-0.2, -0.15) is 22.0 Å². The lowest BCUT2D eigenvalue weighted by molar-refractivity contribution is -0.185. The summed E-state index contributed by atoms with van der Waals surface area (Å²) in [6, 6.07) is 13.1. The van der Waals surface area contributed by atoms with Gasteiger partial charge in [0.15, 0.2) is 5.83 Å². The van der Waals surface area contributed by atoms with Crippen molar-refractivity contribution in [3.63, 3.8) is 0 Å². The van der Waals surface area contributed by atoms with Crippen molar-refractivity contribution in [3.8, 4) is 28.0 Å². The summed E-state index contributed by atoms with van der Waals surface area (Å²) in [4.78, 5) is 0. The second-order valence-electron chi connectivity index (χ2n) is 8.58. The Morgan fingerprint density at radius 2 is 1.15 bits per heavy atom. The molecule has 0 saturated heterocycles. The van der Waals surface area contributed by atoms with Crippen LogP contribution < -0.4 is 4.74 Å². The van der Waals surface area contributed by atoms with Crippen molar-refractivity contribution in [2.45, 2.75) is 19.2 Å². The van der Waals surface area contributed by atoms with Crippen molar-refractivity contribution in [2.24, 2.45) is 0 Å². The molecular formula is C29H16F10O. The fourth-order valence-electron chi connectivity index (χ4n) is 3.86. The van der Waals surface area contributed by atoms with Gasteiger partial charge < -0.3 is 4.74 Å². The highest BCUT2D eigenvalue weighted by molar-refractivity contribution is 5.69. The minimum atomic E-state index is -5.32. The predicted molar refractivity (Wildman–Crippen MR) is 128 cm³/mol. The molecule has 0 unspecified atom stereocenters. The average molecular weight is 570 g/mol. The number of hydrogen-bond acceptors (Lipinski definition) is 1. The highest BCUT2D eigenvalue weighted by Gasteiger charge is 2.38. The molecule has 0 aliphatic heterocycles. The van der Waals surface area contributed by atoms with Crippen molar-refractivity contribution in [1.82, 2.24) is 0 Å². The zero-order valence-electron chi connectivity index (χ0n) is 20.2. The molecule has 0 fully saturated rings. The van der Waals surface area contributed by atoms with E-state index in [1.54, 1.807) is 0 Å². The summed E-state index contributed by atoms with van der Waals surface area (Å²) in [6.07, 6.45) is -9.28. The number of allylic oxidation sites excluding steroid dienone is 1. The molecule has 0 atom stereocenters. The molecule has 0 spiro atoms. The van der Waals surface area contributed by atoms with Gasteiger partial charge in [0, 0.05) is 17.2 Å². The highest BCUT2D eigenvalue weighted by Crippen LogP contribution is 2.38. The maximum atomic E-state index is 14.8. The Balaban J connectivity index is 1.53. The molecule has 0 bridgehead atoms. The van der Waals surface area contributed by atoms with Crippen molar-refractivity contribution in [1.29, 1.82) is 0 Å². The summed E-state index contributed by atoms with van der Waals surface area (Å²) in [7, 11) is 0. The van der Waals surface area contributed by atoms with Crippen LogP contribution in [-0.4, -0.2) is 0 Å². The van der Waals surface area contributed by atoms with Gasteiger partial charge in [0.25, 0.3) is 0 Å². The molecule has 0 saturated carbocycles. The summed E-state index contributed by atoms with van der Waals surface area (Å²) < 4.78 is 142. The Labute approximate surface area is 221 Å². The molecule has 1 nitrogen and oxygen atoms in total. The van der Waals surface area contributed by atoms with Gasteiger partial charge in [0.1, 0.15) is 34.6 Å². The predicted octanol–water partition coefficient (Wildman–Crippen LogP) is 10.2. The zero-order chi connectivity index (χ0) is 29.4. The highest BCUT2D eigenvalue weighted by atomic mass is 19.4. The van der Waals surface area contributed by atoms with Crippen LogP contribution in [-0.2, 0) is 12.3 Å². The average Bonchev–Trinajstić information content (AvgIpc) is 2.87.